The highest BCUT2D eigenvalue weighted by atomic mass is 16.3. The van der Waals surface area contributed by atoms with E-state index in [0.29, 0.717) is 12.8 Å². The summed E-state index contributed by atoms with van der Waals surface area (Å²) in [5.41, 5.74) is -1.00. The Bertz CT molecular complexity index is 232. The highest BCUT2D eigenvalue weighted by molar-refractivity contribution is 5.90. The van der Waals surface area contributed by atoms with Crippen molar-refractivity contribution >= 4 is 5.78 Å². The molecule has 0 amide bonds. The van der Waals surface area contributed by atoms with Gasteiger partial charge in [-0.25, -0.2) is 0 Å². The molecular formula is C10H14O2. The van der Waals surface area contributed by atoms with Crippen LogP contribution < -0.4 is 0 Å². The zero-order valence-corrected chi connectivity index (χ0v) is 7.12. The summed E-state index contributed by atoms with van der Waals surface area (Å²) in [5, 5.41) is 9.95. The average molecular weight is 166 g/mol. The van der Waals surface area contributed by atoms with Gasteiger partial charge in [-0.2, -0.15) is 0 Å². The Kier molecular flexibility index (Phi) is 1.80. The van der Waals surface area contributed by atoms with Crippen molar-refractivity contribution in [2.75, 3.05) is 0 Å². The number of aliphatic hydroxyl groups is 1. The van der Waals surface area contributed by atoms with Gasteiger partial charge in [0.15, 0.2) is 5.78 Å². The lowest BCUT2D eigenvalue weighted by Gasteiger charge is -2.32. The third kappa shape index (κ3) is 1.11. The lowest BCUT2D eigenvalue weighted by Crippen LogP contribution is -2.44. The molecule has 0 radical (unpaired) electrons. The fourth-order valence-corrected chi connectivity index (χ4v) is 2.24. The molecule has 2 atom stereocenters. The second kappa shape index (κ2) is 2.70. The first-order chi connectivity index (χ1) is 5.72. The fraction of sp³-hybridized carbons (Fsp3) is 0.700. The van der Waals surface area contributed by atoms with E-state index in [9.17, 15) is 9.90 Å². The number of carbonyl (C=O) groups excluding carboxylic acids is 1. The molecule has 2 aliphatic carbocycles. The second-order valence-corrected chi connectivity index (χ2v) is 3.90. The summed E-state index contributed by atoms with van der Waals surface area (Å²) in [6.07, 6.45) is 7.96. The minimum absolute atomic E-state index is 0.0822. The maximum Gasteiger partial charge on any atom is 0.168 e. The normalized spacial score (nSPS) is 41.1. The van der Waals surface area contributed by atoms with Crippen LogP contribution in [0.25, 0.3) is 0 Å². The Balaban J connectivity index is 2.30. The molecule has 0 spiro atoms. The van der Waals surface area contributed by atoms with E-state index in [2.05, 4.69) is 0 Å². The average Bonchev–Trinajstić information content (AvgIpc) is 2.18. The first kappa shape index (κ1) is 7.99. The molecule has 0 saturated heterocycles. The smallest absolute Gasteiger partial charge is 0.168 e. The van der Waals surface area contributed by atoms with Gasteiger partial charge in [-0.05, 0) is 25.7 Å². The van der Waals surface area contributed by atoms with Gasteiger partial charge in [-0.15, -0.1) is 0 Å². The molecule has 66 valence electrons. The van der Waals surface area contributed by atoms with Crippen LogP contribution in [0.3, 0.4) is 0 Å². The van der Waals surface area contributed by atoms with E-state index >= 15 is 0 Å². The summed E-state index contributed by atoms with van der Waals surface area (Å²) in [4.78, 5) is 11.7. The standard InChI is InChI=1S/C10H14O2/c11-9-8-4-1-2-6-10(9,12)7-3-5-8/h1-2,8,12H,3-7H2/t8-,10-/m1/s1. The largest absolute Gasteiger partial charge is 0.382 e. The molecule has 1 N–H and O–H groups in total. The van der Waals surface area contributed by atoms with Gasteiger partial charge in [0, 0.05) is 12.3 Å². The minimum atomic E-state index is -1.00. The van der Waals surface area contributed by atoms with Crippen molar-refractivity contribution in [3.63, 3.8) is 0 Å². The number of rotatable bonds is 0. The van der Waals surface area contributed by atoms with Gasteiger partial charge in [0.25, 0.3) is 0 Å². The fourth-order valence-electron chi connectivity index (χ4n) is 2.24. The summed E-state index contributed by atoms with van der Waals surface area (Å²) < 4.78 is 0. The van der Waals surface area contributed by atoms with Crippen LogP contribution in [-0.4, -0.2) is 16.5 Å². The Morgan fingerprint density at radius 2 is 2.33 bits per heavy atom. The van der Waals surface area contributed by atoms with Crippen LogP contribution in [0.2, 0.25) is 0 Å². The molecule has 0 unspecified atom stereocenters. The predicted octanol–water partition coefficient (Wildman–Crippen LogP) is 1.44. The van der Waals surface area contributed by atoms with Gasteiger partial charge in [-0.3, -0.25) is 4.79 Å². The van der Waals surface area contributed by atoms with Crippen LogP contribution in [0.1, 0.15) is 32.1 Å². The molecule has 2 nitrogen and oxygen atoms in total. The monoisotopic (exact) mass is 166 g/mol. The highest BCUT2D eigenvalue weighted by Gasteiger charge is 2.42. The molecule has 2 bridgehead atoms. The Hall–Kier alpha value is -0.630. The van der Waals surface area contributed by atoms with Crippen molar-refractivity contribution in [2.45, 2.75) is 37.7 Å². The third-order valence-corrected chi connectivity index (χ3v) is 3.02. The van der Waals surface area contributed by atoms with E-state index < -0.39 is 5.60 Å². The van der Waals surface area contributed by atoms with E-state index in [1.165, 1.54) is 0 Å². The molecule has 0 aromatic carbocycles. The second-order valence-electron chi connectivity index (χ2n) is 3.90. The molecule has 0 aromatic heterocycles. The summed E-state index contributed by atoms with van der Waals surface area (Å²) in [6.45, 7) is 0. The van der Waals surface area contributed by atoms with Gasteiger partial charge in [0.05, 0.1) is 0 Å². The SMILES string of the molecule is O=C1[C@@H]2CC=CC[C@@]1(O)CCC2. The summed E-state index contributed by atoms with van der Waals surface area (Å²) in [6, 6.07) is 0. The molecule has 0 heterocycles. The van der Waals surface area contributed by atoms with Crippen molar-refractivity contribution in [3.05, 3.63) is 12.2 Å². The molecule has 0 aromatic rings. The van der Waals surface area contributed by atoms with Gasteiger partial charge in [0.1, 0.15) is 5.60 Å². The maximum absolute atomic E-state index is 11.7. The van der Waals surface area contributed by atoms with E-state index in [1.54, 1.807) is 0 Å². The Morgan fingerprint density at radius 3 is 3.17 bits per heavy atom. The van der Waals surface area contributed by atoms with Crippen molar-refractivity contribution < 1.29 is 9.90 Å². The van der Waals surface area contributed by atoms with Crippen molar-refractivity contribution in [1.82, 2.24) is 0 Å². The molecule has 12 heavy (non-hydrogen) atoms. The number of fused-ring (bicyclic) bond motifs is 2. The van der Waals surface area contributed by atoms with E-state index in [-0.39, 0.29) is 11.7 Å². The van der Waals surface area contributed by atoms with Gasteiger partial charge in [0.2, 0.25) is 0 Å². The first-order valence-electron chi connectivity index (χ1n) is 4.64. The van der Waals surface area contributed by atoms with E-state index in [0.717, 1.165) is 19.3 Å². The molecule has 0 aliphatic heterocycles. The summed E-state index contributed by atoms with van der Waals surface area (Å²) in [5.74, 6) is 0.182. The zero-order chi connectivity index (χ0) is 8.60. The van der Waals surface area contributed by atoms with Crippen molar-refractivity contribution in [1.29, 1.82) is 0 Å². The molecule has 1 fully saturated rings. The topological polar surface area (TPSA) is 37.3 Å². The Labute approximate surface area is 72.3 Å². The van der Waals surface area contributed by atoms with Crippen molar-refractivity contribution in [3.8, 4) is 0 Å². The number of Topliss-reactive ketones (excluding diaryl/α,β-unsaturated/α-hetero) is 1. The van der Waals surface area contributed by atoms with Crippen LogP contribution in [0.4, 0.5) is 0 Å². The van der Waals surface area contributed by atoms with Crippen LogP contribution in [0, 0.1) is 5.92 Å². The van der Waals surface area contributed by atoms with Crippen LogP contribution in [0.5, 0.6) is 0 Å². The number of hydrogen-bond acceptors (Lipinski definition) is 2. The number of carbonyl (C=O) groups is 1. The van der Waals surface area contributed by atoms with Gasteiger partial charge < -0.3 is 5.11 Å². The molecule has 1 saturated carbocycles. The van der Waals surface area contributed by atoms with Crippen molar-refractivity contribution in [2.24, 2.45) is 5.92 Å². The lowest BCUT2D eigenvalue weighted by atomic mass is 9.76. The summed E-state index contributed by atoms with van der Waals surface area (Å²) in [7, 11) is 0. The first-order valence-corrected chi connectivity index (χ1v) is 4.64. The predicted molar refractivity (Wildman–Crippen MR) is 45.7 cm³/mol. The lowest BCUT2D eigenvalue weighted by molar-refractivity contribution is -0.145. The summed E-state index contributed by atoms with van der Waals surface area (Å²) >= 11 is 0. The van der Waals surface area contributed by atoms with Gasteiger partial charge >= 0.3 is 0 Å². The van der Waals surface area contributed by atoms with E-state index in [1.807, 2.05) is 12.2 Å². The zero-order valence-electron chi connectivity index (χ0n) is 7.12. The number of hydrogen-bond donors (Lipinski definition) is 1. The molecule has 2 heteroatoms. The molecule has 2 rings (SSSR count). The molecule has 2 aliphatic rings. The van der Waals surface area contributed by atoms with Crippen LogP contribution >= 0.6 is 0 Å². The van der Waals surface area contributed by atoms with Crippen LogP contribution in [0.15, 0.2) is 12.2 Å². The highest BCUT2D eigenvalue weighted by Crippen LogP contribution is 2.35. The minimum Gasteiger partial charge on any atom is -0.382 e. The van der Waals surface area contributed by atoms with E-state index in [4.69, 9.17) is 0 Å². The van der Waals surface area contributed by atoms with Gasteiger partial charge in [-0.1, -0.05) is 12.2 Å². The quantitative estimate of drug-likeness (QED) is 0.553. The van der Waals surface area contributed by atoms with Crippen LogP contribution in [-0.2, 0) is 4.79 Å². The molecular weight excluding hydrogens is 152 g/mol. The number of ketones is 1. The third-order valence-electron chi connectivity index (χ3n) is 3.02. The number of allylic oxidation sites excluding steroid dienone is 1. The maximum atomic E-state index is 11.7. The Morgan fingerprint density at radius 1 is 1.50 bits per heavy atom.